The highest BCUT2D eigenvalue weighted by Crippen LogP contribution is 2.29. The minimum absolute atomic E-state index is 0.181. The maximum absolute atomic E-state index is 12.9. The summed E-state index contributed by atoms with van der Waals surface area (Å²) < 4.78 is 7.47. The molecular weight excluding hydrogens is 374 g/mol. The van der Waals surface area contributed by atoms with Gasteiger partial charge in [-0.2, -0.15) is 0 Å². The smallest absolute Gasteiger partial charge is 0.257 e. The Hall–Kier alpha value is -3.06. The number of nitrogens with zero attached hydrogens (tertiary/aromatic N) is 1. The summed E-state index contributed by atoms with van der Waals surface area (Å²) in [7, 11) is 1.54. The Balaban J connectivity index is 1.86. The number of rotatable bonds is 6. The maximum atomic E-state index is 12.9. The lowest BCUT2D eigenvalue weighted by molar-refractivity contribution is -0.114. The lowest BCUT2D eigenvalue weighted by Gasteiger charge is -2.13. The second-order valence-corrected chi connectivity index (χ2v) is 7.53. The van der Waals surface area contributed by atoms with Crippen molar-refractivity contribution in [3.63, 3.8) is 0 Å². The zero-order valence-electron chi connectivity index (χ0n) is 16.3. The summed E-state index contributed by atoms with van der Waals surface area (Å²) in [4.78, 5) is 25.5. The first-order chi connectivity index (χ1) is 13.4. The quantitative estimate of drug-likeness (QED) is 0.646. The molecule has 3 aromatic rings. The number of benzene rings is 1. The number of thiophene rings is 1. The molecule has 0 saturated heterocycles. The Labute approximate surface area is 168 Å². The van der Waals surface area contributed by atoms with Crippen molar-refractivity contribution in [2.24, 2.45) is 0 Å². The second kappa shape index (κ2) is 8.31. The number of carbonyl (C=O) groups is 2. The van der Waals surface area contributed by atoms with Crippen LogP contribution >= 0.6 is 11.3 Å². The number of anilines is 2. The van der Waals surface area contributed by atoms with Crippen LogP contribution in [-0.2, 0) is 11.3 Å². The highest BCUT2D eigenvalue weighted by Gasteiger charge is 2.18. The van der Waals surface area contributed by atoms with Gasteiger partial charge in [0.05, 0.1) is 24.9 Å². The van der Waals surface area contributed by atoms with Gasteiger partial charge in [-0.15, -0.1) is 11.3 Å². The van der Waals surface area contributed by atoms with Crippen molar-refractivity contribution in [2.75, 3.05) is 17.7 Å². The zero-order chi connectivity index (χ0) is 20.3. The van der Waals surface area contributed by atoms with Crippen molar-refractivity contribution < 1.29 is 14.3 Å². The first kappa shape index (κ1) is 19.7. The molecule has 0 aliphatic carbocycles. The first-order valence-electron chi connectivity index (χ1n) is 8.85. The molecule has 0 aliphatic rings. The molecule has 2 heterocycles. The summed E-state index contributed by atoms with van der Waals surface area (Å²) in [5.74, 6) is 0.123. The normalized spacial score (nSPS) is 10.6. The summed E-state index contributed by atoms with van der Waals surface area (Å²) >= 11 is 1.69. The standard InChI is InChI=1S/C21H23N3O3S/c1-13-10-18(14(2)24(13)12-17-6-5-9-28-17)21(26)23-19-11-16(22-15(3)25)7-8-20(19)27-4/h5-11H,12H2,1-4H3,(H,22,25)(H,23,26). The first-order valence-corrected chi connectivity index (χ1v) is 9.73. The molecule has 28 heavy (non-hydrogen) atoms. The van der Waals surface area contributed by atoms with E-state index in [9.17, 15) is 9.59 Å². The van der Waals surface area contributed by atoms with Crippen LogP contribution in [0.1, 0.15) is 33.5 Å². The molecule has 0 unspecified atom stereocenters. The number of aryl methyl sites for hydroxylation is 1. The van der Waals surface area contributed by atoms with E-state index in [1.54, 1.807) is 29.5 Å². The fraction of sp³-hybridized carbons (Fsp3) is 0.238. The molecule has 0 fully saturated rings. The number of amides is 2. The van der Waals surface area contributed by atoms with Gasteiger partial charge < -0.3 is 19.9 Å². The van der Waals surface area contributed by atoms with Crippen molar-refractivity contribution in [3.8, 4) is 5.75 Å². The number of hydrogen-bond donors (Lipinski definition) is 2. The molecule has 0 saturated carbocycles. The largest absolute Gasteiger partial charge is 0.495 e. The summed E-state index contributed by atoms with van der Waals surface area (Å²) in [5.41, 5.74) is 3.63. The highest BCUT2D eigenvalue weighted by atomic mass is 32.1. The monoisotopic (exact) mass is 397 g/mol. The summed E-state index contributed by atoms with van der Waals surface area (Å²) in [6, 6.07) is 11.1. The molecule has 146 valence electrons. The number of hydrogen-bond acceptors (Lipinski definition) is 4. The third-order valence-electron chi connectivity index (χ3n) is 4.48. The Bertz CT molecular complexity index is 1010. The van der Waals surface area contributed by atoms with Crippen LogP contribution in [0.3, 0.4) is 0 Å². The maximum Gasteiger partial charge on any atom is 0.257 e. The Morgan fingerprint density at radius 2 is 1.93 bits per heavy atom. The lowest BCUT2D eigenvalue weighted by atomic mass is 10.2. The van der Waals surface area contributed by atoms with Gasteiger partial charge in [-0.05, 0) is 49.6 Å². The molecule has 0 spiro atoms. The molecule has 2 amide bonds. The Morgan fingerprint density at radius 3 is 2.57 bits per heavy atom. The van der Waals surface area contributed by atoms with Crippen molar-refractivity contribution in [3.05, 3.63) is 63.6 Å². The average molecular weight is 398 g/mol. The summed E-state index contributed by atoms with van der Waals surface area (Å²) in [6.45, 7) is 6.12. The molecule has 2 aromatic heterocycles. The fourth-order valence-electron chi connectivity index (χ4n) is 3.11. The Morgan fingerprint density at radius 1 is 1.14 bits per heavy atom. The van der Waals surface area contributed by atoms with E-state index in [1.807, 2.05) is 31.4 Å². The number of aromatic nitrogens is 1. The van der Waals surface area contributed by atoms with Crippen LogP contribution in [-0.4, -0.2) is 23.5 Å². The van der Waals surface area contributed by atoms with Crippen LogP contribution in [0.5, 0.6) is 5.75 Å². The molecular formula is C21H23N3O3S. The van der Waals surface area contributed by atoms with E-state index in [4.69, 9.17) is 4.74 Å². The Kier molecular flexibility index (Phi) is 5.84. The van der Waals surface area contributed by atoms with Gasteiger partial charge in [0.2, 0.25) is 5.91 Å². The minimum atomic E-state index is -0.219. The number of methoxy groups -OCH3 is 1. The van der Waals surface area contributed by atoms with E-state index < -0.39 is 0 Å². The van der Waals surface area contributed by atoms with Crippen LogP contribution in [0, 0.1) is 13.8 Å². The third kappa shape index (κ3) is 4.26. The van der Waals surface area contributed by atoms with E-state index in [2.05, 4.69) is 21.3 Å². The average Bonchev–Trinajstić information content (AvgIpc) is 3.25. The summed E-state index contributed by atoms with van der Waals surface area (Å²) in [6.07, 6.45) is 0. The zero-order valence-corrected chi connectivity index (χ0v) is 17.1. The van der Waals surface area contributed by atoms with Crippen molar-refractivity contribution >= 4 is 34.5 Å². The third-order valence-corrected chi connectivity index (χ3v) is 5.34. The molecule has 6 nitrogen and oxygen atoms in total. The van der Waals surface area contributed by atoms with E-state index in [1.165, 1.54) is 18.9 Å². The van der Waals surface area contributed by atoms with Gasteiger partial charge in [0.25, 0.3) is 5.91 Å². The predicted molar refractivity (Wildman–Crippen MR) is 113 cm³/mol. The second-order valence-electron chi connectivity index (χ2n) is 6.50. The topological polar surface area (TPSA) is 72.4 Å². The van der Waals surface area contributed by atoms with E-state index in [-0.39, 0.29) is 11.8 Å². The van der Waals surface area contributed by atoms with E-state index >= 15 is 0 Å². The number of ether oxygens (including phenoxy) is 1. The van der Waals surface area contributed by atoms with Gasteiger partial charge in [0, 0.05) is 28.9 Å². The van der Waals surface area contributed by atoms with Crippen LogP contribution in [0.2, 0.25) is 0 Å². The van der Waals surface area contributed by atoms with Crippen molar-refractivity contribution in [1.29, 1.82) is 0 Å². The lowest BCUT2D eigenvalue weighted by Crippen LogP contribution is -2.15. The van der Waals surface area contributed by atoms with Gasteiger partial charge in [-0.25, -0.2) is 0 Å². The van der Waals surface area contributed by atoms with Gasteiger partial charge in [-0.3, -0.25) is 9.59 Å². The van der Waals surface area contributed by atoms with Crippen LogP contribution in [0.25, 0.3) is 0 Å². The van der Waals surface area contributed by atoms with Crippen LogP contribution < -0.4 is 15.4 Å². The number of nitrogens with one attached hydrogen (secondary N) is 2. The fourth-order valence-corrected chi connectivity index (χ4v) is 3.80. The number of carbonyl (C=O) groups excluding carboxylic acids is 2. The van der Waals surface area contributed by atoms with Gasteiger partial charge in [0.1, 0.15) is 5.75 Å². The van der Waals surface area contributed by atoms with E-state index in [0.29, 0.717) is 22.7 Å². The molecule has 7 heteroatoms. The molecule has 0 bridgehead atoms. The SMILES string of the molecule is COc1ccc(NC(C)=O)cc1NC(=O)c1cc(C)n(Cc2cccs2)c1C. The molecule has 0 radical (unpaired) electrons. The van der Waals surface area contributed by atoms with Gasteiger partial charge >= 0.3 is 0 Å². The minimum Gasteiger partial charge on any atom is -0.495 e. The van der Waals surface area contributed by atoms with Crippen LogP contribution in [0.15, 0.2) is 41.8 Å². The summed E-state index contributed by atoms with van der Waals surface area (Å²) in [5, 5.41) is 7.66. The van der Waals surface area contributed by atoms with Gasteiger partial charge in [0.15, 0.2) is 0 Å². The van der Waals surface area contributed by atoms with Gasteiger partial charge in [-0.1, -0.05) is 6.07 Å². The van der Waals surface area contributed by atoms with Crippen molar-refractivity contribution in [2.45, 2.75) is 27.3 Å². The molecule has 0 aliphatic heterocycles. The van der Waals surface area contributed by atoms with E-state index in [0.717, 1.165) is 17.9 Å². The molecule has 0 atom stereocenters. The van der Waals surface area contributed by atoms with Crippen LogP contribution in [0.4, 0.5) is 11.4 Å². The highest BCUT2D eigenvalue weighted by molar-refractivity contribution is 7.09. The molecule has 1 aromatic carbocycles. The molecule has 2 N–H and O–H groups in total. The molecule has 3 rings (SSSR count). The predicted octanol–water partition coefficient (Wildman–Crippen LogP) is 4.43. The van der Waals surface area contributed by atoms with Crippen molar-refractivity contribution in [1.82, 2.24) is 4.57 Å².